The number of hydrogen-bond donors (Lipinski definition) is 0. The molecule has 227 valence electrons. The molecule has 0 N–H and O–H groups in total. The van der Waals surface area contributed by atoms with Crippen molar-refractivity contribution in [3.63, 3.8) is 0 Å². The molecular weight excluding hydrogens is 620 g/mol. The maximum absolute atomic E-state index is 11.4. The van der Waals surface area contributed by atoms with Crippen LogP contribution in [0.25, 0.3) is 44.4 Å². The largest absolute Gasteiger partial charge is 3.00 e. The topological polar surface area (TPSA) is 134 Å². The molecule has 5 heterocycles. The van der Waals surface area contributed by atoms with Crippen LogP contribution in [0, 0.1) is 13.8 Å². The molecule has 0 amide bonds. The van der Waals surface area contributed by atoms with Gasteiger partial charge in [0.25, 0.3) is 0 Å². The second-order valence-corrected chi connectivity index (χ2v) is 10.5. The molecule has 0 atom stereocenters. The fraction of sp³-hybridized carbons (Fsp3) is 0.235. The normalized spacial score (nSPS) is 12.5. The van der Waals surface area contributed by atoms with Gasteiger partial charge in [-0.15, -0.1) is 22.1 Å². The first-order chi connectivity index (χ1) is 20.0. The van der Waals surface area contributed by atoms with E-state index in [9.17, 15) is 19.8 Å². The molecule has 2 aliphatic heterocycles. The molecule has 0 fully saturated rings. The average molecular weight is 652 g/mol. The molecule has 1 radical (unpaired) electrons. The number of rotatable bonds is 8. The van der Waals surface area contributed by atoms with E-state index in [1.165, 1.54) is 0 Å². The van der Waals surface area contributed by atoms with Crippen LogP contribution in [0.4, 0.5) is 0 Å². The SMILES string of the molecule is C=CC1=C(C)c2cc3[n-]c(cc4[n-]c(cc5nc(cc1n2)C(C)=C5C=C)c(C)c4CCC(=O)[O-])c(C)c3CCC(=O)[O-].[Cl-].[Fe+3].[H+].[H+]. The number of nitrogens with zero attached hydrogens (tertiary/aromatic N) is 4. The van der Waals surface area contributed by atoms with Crippen molar-refractivity contribution < 1.29 is 52.1 Å². The van der Waals surface area contributed by atoms with Crippen LogP contribution in [0.15, 0.2) is 49.6 Å². The van der Waals surface area contributed by atoms with Crippen molar-refractivity contribution in [2.45, 2.75) is 53.4 Å². The number of carbonyl (C=O) groups excluding carboxylic acids is 2. The smallest absolute Gasteiger partial charge is 1.00 e. The Bertz CT molecular complexity index is 1940. The maximum atomic E-state index is 11.4. The summed E-state index contributed by atoms with van der Waals surface area (Å²) in [4.78, 5) is 42.4. The van der Waals surface area contributed by atoms with E-state index in [1.54, 1.807) is 12.2 Å². The van der Waals surface area contributed by atoms with E-state index in [0.29, 0.717) is 39.1 Å². The quantitative estimate of drug-likeness (QED) is 0.330. The van der Waals surface area contributed by atoms with Gasteiger partial charge in [-0.2, -0.15) is 0 Å². The van der Waals surface area contributed by atoms with E-state index in [2.05, 4.69) is 13.2 Å². The number of hydrogen-bond acceptors (Lipinski definition) is 6. The summed E-state index contributed by atoms with van der Waals surface area (Å²) in [6, 6.07) is 7.52. The van der Waals surface area contributed by atoms with Gasteiger partial charge < -0.3 is 42.2 Å². The van der Waals surface area contributed by atoms with Gasteiger partial charge in [0.1, 0.15) is 0 Å². The van der Waals surface area contributed by atoms with Crippen LogP contribution >= 0.6 is 0 Å². The summed E-state index contributed by atoms with van der Waals surface area (Å²) < 4.78 is 0. The van der Waals surface area contributed by atoms with Crippen LogP contribution in [-0.4, -0.2) is 21.9 Å². The minimum absolute atomic E-state index is 0. The van der Waals surface area contributed by atoms with Gasteiger partial charge in [0, 0.05) is 23.1 Å². The molecule has 2 aliphatic rings. The molecule has 44 heavy (non-hydrogen) atoms. The van der Waals surface area contributed by atoms with Gasteiger partial charge in [-0.25, -0.2) is 9.97 Å². The number of fused-ring (bicyclic) bond motifs is 8. The predicted octanol–water partition coefficient (Wildman–Crippen LogP) is 1.01. The molecule has 0 unspecified atom stereocenters. The Morgan fingerprint density at radius 2 is 1.09 bits per heavy atom. The van der Waals surface area contributed by atoms with Crippen molar-refractivity contribution in [1.29, 1.82) is 0 Å². The third-order valence-electron chi connectivity index (χ3n) is 8.04. The minimum Gasteiger partial charge on any atom is -1.00 e. The molecule has 8 nitrogen and oxygen atoms in total. The Balaban J connectivity index is 0.00000264. The summed E-state index contributed by atoms with van der Waals surface area (Å²) in [7, 11) is 0. The van der Waals surface area contributed by atoms with E-state index in [-0.39, 0.29) is 58.0 Å². The first kappa shape index (κ1) is 34.3. The molecule has 0 spiro atoms. The van der Waals surface area contributed by atoms with Crippen LogP contribution in [0.3, 0.4) is 0 Å². The molecule has 0 aliphatic carbocycles. The van der Waals surface area contributed by atoms with Gasteiger partial charge in [0.15, 0.2) is 0 Å². The van der Waals surface area contributed by atoms with Crippen molar-refractivity contribution in [1.82, 2.24) is 19.9 Å². The van der Waals surface area contributed by atoms with Crippen LogP contribution in [-0.2, 0) is 39.5 Å². The van der Waals surface area contributed by atoms with E-state index in [1.807, 2.05) is 52.0 Å². The number of carboxylic acids is 2. The Morgan fingerprint density at radius 3 is 1.55 bits per heavy atom. The number of carboxylic acid groups (broad SMARTS) is 2. The van der Waals surface area contributed by atoms with Crippen molar-refractivity contribution in [3.8, 4) is 0 Å². The second-order valence-electron chi connectivity index (χ2n) is 10.5. The van der Waals surface area contributed by atoms with Gasteiger partial charge in [-0.3, -0.25) is 0 Å². The number of halogens is 1. The summed E-state index contributed by atoms with van der Waals surface area (Å²) in [5.74, 6) is -2.29. The van der Waals surface area contributed by atoms with Crippen molar-refractivity contribution >= 4 is 56.3 Å². The Morgan fingerprint density at radius 1 is 0.705 bits per heavy atom. The molecule has 10 heteroatoms. The molecular formula is C34H32ClFeN4O4. The fourth-order valence-electron chi connectivity index (χ4n) is 5.60. The zero-order valence-corrected chi connectivity index (χ0v) is 26.7. The van der Waals surface area contributed by atoms with Gasteiger partial charge >= 0.3 is 19.9 Å². The Hall–Kier alpha value is -4.17. The molecule has 0 saturated heterocycles. The minimum atomic E-state index is -1.15. The predicted molar refractivity (Wildman–Crippen MR) is 163 cm³/mol. The molecule has 0 saturated carbocycles. The first-order valence-electron chi connectivity index (χ1n) is 13.7. The fourth-order valence-corrected chi connectivity index (χ4v) is 5.60. The van der Waals surface area contributed by atoms with E-state index < -0.39 is 11.9 Å². The van der Waals surface area contributed by atoms with Crippen molar-refractivity contribution in [2.24, 2.45) is 0 Å². The third-order valence-corrected chi connectivity index (χ3v) is 8.04. The van der Waals surface area contributed by atoms with Gasteiger partial charge in [0.05, 0.1) is 22.8 Å². The van der Waals surface area contributed by atoms with Crippen LogP contribution in [0.2, 0.25) is 0 Å². The van der Waals surface area contributed by atoms with E-state index in [0.717, 1.165) is 50.2 Å². The van der Waals surface area contributed by atoms with Crippen LogP contribution < -0.4 is 32.6 Å². The standard InChI is InChI=1S/C34H34N4O4.ClH.Fe/c1-7-21-17(3)25-13-29-22(8-2)18(4)26(36-29)15-31-24(10-12-34(41)42)20(6)28(38-31)16-32-23(9-11-33(39)40)19(5)27(37-32)14-30(21)35-25;;/h7-8,13-16H,1-2,9-12H2,3-6H3,(H4,35,36,37,38,39,40,41,42);1H;/q;;+3/p-3. The summed E-state index contributed by atoms with van der Waals surface area (Å²) in [5.41, 5.74) is 12.2. The molecule has 8 bridgehead atoms. The van der Waals surface area contributed by atoms with Gasteiger partial charge in [-0.1, -0.05) is 65.8 Å². The second kappa shape index (κ2) is 13.6. The van der Waals surface area contributed by atoms with Crippen LogP contribution in [0.5, 0.6) is 0 Å². The Labute approximate surface area is 275 Å². The maximum Gasteiger partial charge on any atom is 3.00 e. The Kier molecular flexibility index (Phi) is 10.6. The van der Waals surface area contributed by atoms with Gasteiger partial charge in [0.2, 0.25) is 0 Å². The van der Waals surface area contributed by atoms with Crippen molar-refractivity contribution in [2.75, 3.05) is 0 Å². The molecule has 3 aromatic heterocycles. The number of carbonyl (C=O) groups is 2. The average Bonchev–Trinajstić information content (AvgIpc) is 3.59. The summed E-state index contributed by atoms with van der Waals surface area (Å²) in [6.07, 6.45) is 3.70. The zero-order valence-electron chi connectivity index (χ0n) is 26.9. The third kappa shape index (κ3) is 6.36. The number of aromatic nitrogens is 4. The monoisotopic (exact) mass is 651 g/mol. The zero-order chi connectivity index (χ0) is 30.3. The van der Waals surface area contributed by atoms with E-state index >= 15 is 0 Å². The van der Waals surface area contributed by atoms with Gasteiger partial charge in [-0.05, 0) is 70.6 Å². The molecule has 3 aromatic rings. The summed E-state index contributed by atoms with van der Waals surface area (Å²) in [6.45, 7) is 15.8. The van der Waals surface area contributed by atoms with Crippen LogP contribution in [0.1, 0.15) is 74.6 Å². The number of allylic oxidation sites excluding steroid dienone is 6. The van der Waals surface area contributed by atoms with E-state index in [4.69, 9.17) is 19.9 Å². The number of aliphatic carboxylic acids is 2. The number of aryl methyl sites for hydroxylation is 4. The molecule has 5 rings (SSSR count). The first-order valence-corrected chi connectivity index (χ1v) is 13.7. The summed E-state index contributed by atoms with van der Waals surface area (Å²) in [5, 5.41) is 22.8. The molecule has 0 aromatic carbocycles. The summed E-state index contributed by atoms with van der Waals surface area (Å²) >= 11 is 0. The van der Waals surface area contributed by atoms with Crippen molar-refractivity contribution in [3.05, 3.63) is 94.6 Å².